The summed E-state index contributed by atoms with van der Waals surface area (Å²) in [5.74, 6) is 1.40. The lowest BCUT2D eigenvalue weighted by atomic mass is 10.0. The number of hydrogen-bond donors (Lipinski definition) is 1. The molecule has 98 valence electrons. The fraction of sp³-hybridized carbons (Fsp3) is 0.286. The summed E-state index contributed by atoms with van der Waals surface area (Å²) in [4.78, 5) is 8.41. The van der Waals surface area contributed by atoms with Crippen molar-refractivity contribution >= 4 is 17.5 Å². The van der Waals surface area contributed by atoms with Crippen molar-refractivity contribution in [1.82, 2.24) is 9.97 Å². The van der Waals surface area contributed by atoms with Crippen LogP contribution in [0, 0.1) is 0 Å². The Kier molecular flexibility index (Phi) is 3.51. The summed E-state index contributed by atoms with van der Waals surface area (Å²) in [5.41, 5.74) is 1.07. The van der Waals surface area contributed by atoms with E-state index < -0.39 is 0 Å². The Morgan fingerprint density at radius 3 is 2.89 bits per heavy atom. The van der Waals surface area contributed by atoms with Gasteiger partial charge in [-0.1, -0.05) is 23.7 Å². The van der Waals surface area contributed by atoms with Gasteiger partial charge in [-0.3, -0.25) is 0 Å². The number of benzene rings is 1. The molecule has 1 atom stereocenters. The van der Waals surface area contributed by atoms with Crippen molar-refractivity contribution < 1.29 is 4.74 Å². The van der Waals surface area contributed by atoms with E-state index in [1.165, 1.54) is 0 Å². The smallest absolute Gasteiger partial charge is 0.223 e. The Balaban J connectivity index is 1.92. The Morgan fingerprint density at radius 2 is 2.05 bits per heavy atom. The van der Waals surface area contributed by atoms with Gasteiger partial charge in [0.25, 0.3) is 0 Å². The van der Waals surface area contributed by atoms with Gasteiger partial charge in [0.05, 0.1) is 17.7 Å². The zero-order valence-electron chi connectivity index (χ0n) is 10.3. The molecule has 0 fully saturated rings. The maximum atomic E-state index is 6.20. The van der Waals surface area contributed by atoms with Crippen LogP contribution in [-0.4, -0.2) is 16.6 Å². The highest BCUT2D eigenvalue weighted by molar-refractivity contribution is 6.32. The number of para-hydroxylation sites is 1. The third-order valence-electron chi connectivity index (χ3n) is 3.13. The Morgan fingerprint density at radius 1 is 1.21 bits per heavy atom. The van der Waals surface area contributed by atoms with Crippen molar-refractivity contribution in [3.05, 3.63) is 47.2 Å². The molecule has 1 N–H and O–H groups in total. The Bertz CT molecular complexity index is 562. The standard InChI is InChI=1S/C14H14ClN3O/c15-11-5-1-4-10-12(6-2-9-19-13(10)11)18-14-16-7-3-8-17-14/h1,3-5,7-8,12H,2,6,9H2,(H,16,17,18). The number of anilines is 1. The number of fused-ring (bicyclic) bond motifs is 1. The van der Waals surface area contributed by atoms with E-state index in [9.17, 15) is 0 Å². The highest BCUT2D eigenvalue weighted by atomic mass is 35.5. The maximum absolute atomic E-state index is 6.20. The third kappa shape index (κ3) is 2.63. The molecule has 0 spiro atoms. The minimum Gasteiger partial charge on any atom is -0.492 e. The summed E-state index contributed by atoms with van der Waals surface area (Å²) in [6, 6.07) is 7.75. The van der Waals surface area contributed by atoms with E-state index in [1.54, 1.807) is 18.5 Å². The molecule has 1 aliphatic rings. The fourth-order valence-electron chi connectivity index (χ4n) is 2.25. The first kappa shape index (κ1) is 12.2. The van der Waals surface area contributed by atoms with Crippen LogP contribution in [0.1, 0.15) is 24.4 Å². The molecule has 0 saturated carbocycles. The van der Waals surface area contributed by atoms with E-state index in [2.05, 4.69) is 15.3 Å². The SMILES string of the molecule is Clc1cccc2c1OCCCC2Nc1ncccn1. The van der Waals surface area contributed by atoms with Gasteiger partial charge in [-0.15, -0.1) is 0 Å². The lowest BCUT2D eigenvalue weighted by Gasteiger charge is -2.18. The number of aromatic nitrogens is 2. The predicted molar refractivity (Wildman–Crippen MR) is 74.6 cm³/mol. The second-order valence-corrected chi connectivity index (χ2v) is 4.83. The van der Waals surface area contributed by atoms with Crippen LogP contribution in [0.4, 0.5) is 5.95 Å². The molecular weight excluding hydrogens is 262 g/mol. The highest BCUT2D eigenvalue weighted by Gasteiger charge is 2.22. The first-order valence-corrected chi connectivity index (χ1v) is 6.67. The molecule has 2 aromatic rings. The monoisotopic (exact) mass is 275 g/mol. The van der Waals surface area contributed by atoms with Crippen LogP contribution in [-0.2, 0) is 0 Å². The van der Waals surface area contributed by atoms with Crippen LogP contribution >= 0.6 is 11.6 Å². The molecule has 0 saturated heterocycles. The summed E-state index contributed by atoms with van der Waals surface area (Å²) < 4.78 is 5.73. The van der Waals surface area contributed by atoms with E-state index in [4.69, 9.17) is 16.3 Å². The van der Waals surface area contributed by atoms with Gasteiger partial charge in [0.2, 0.25) is 5.95 Å². The van der Waals surface area contributed by atoms with Gasteiger partial charge in [-0.05, 0) is 25.0 Å². The van der Waals surface area contributed by atoms with Crippen LogP contribution in [0.5, 0.6) is 5.75 Å². The van der Waals surface area contributed by atoms with Gasteiger partial charge in [0.1, 0.15) is 5.75 Å². The van der Waals surface area contributed by atoms with Crippen molar-refractivity contribution in [2.45, 2.75) is 18.9 Å². The molecule has 3 rings (SSSR count). The molecule has 1 aliphatic heterocycles. The number of ether oxygens (including phenoxy) is 1. The molecule has 0 aliphatic carbocycles. The molecule has 1 unspecified atom stereocenters. The van der Waals surface area contributed by atoms with Gasteiger partial charge in [-0.25, -0.2) is 9.97 Å². The van der Waals surface area contributed by atoms with Crippen molar-refractivity contribution in [2.24, 2.45) is 0 Å². The van der Waals surface area contributed by atoms with Crippen LogP contribution in [0.2, 0.25) is 5.02 Å². The minimum absolute atomic E-state index is 0.124. The number of nitrogens with zero attached hydrogens (tertiary/aromatic N) is 2. The average Bonchev–Trinajstić information content (AvgIpc) is 2.64. The first-order valence-electron chi connectivity index (χ1n) is 6.29. The van der Waals surface area contributed by atoms with Crippen LogP contribution in [0.15, 0.2) is 36.7 Å². The van der Waals surface area contributed by atoms with Crippen LogP contribution < -0.4 is 10.1 Å². The molecule has 1 aromatic carbocycles. The summed E-state index contributed by atoms with van der Waals surface area (Å²) in [6.07, 6.45) is 5.38. The normalized spacial score (nSPS) is 18.1. The topological polar surface area (TPSA) is 47.0 Å². The van der Waals surface area contributed by atoms with Crippen molar-refractivity contribution in [3.63, 3.8) is 0 Å². The lowest BCUT2D eigenvalue weighted by Crippen LogP contribution is -2.12. The van der Waals surface area contributed by atoms with E-state index in [1.807, 2.05) is 18.2 Å². The van der Waals surface area contributed by atoms with Crippen LogP contribution in [0.3, 0.4) is 0 Å². The molecule has 2 heterocycles. The largest absolute Gasteiger partial charge is 0.492 e. The summed E-state index contributed by atoms with van der Waals surface area (Å²) in [5, 5.41) is 4.00. The summed E-state index contributed by atoms with van der Waals surface area (Å²) in [7, 11) is 0. The summed E-state index contributed by atoms with van der Waals surface area (Å²) in [6.45, 7) is 0.685. The predicted octanol–water partition coefficient (Wildman–Crippen LogP) is 3.46. The number of hydrogen-bond acceptors (Lipinski definition) is 4. The van der Waals surface area contributed by atoms with Crippen LogP contribution in [0.25, 0.3) is 0 Å². The molecule has 4 nitrogen and oxygen atoms in total. The molecule has 5 heteroatoms. The minimum atomic E-state index is 0.124. The van der Waals surface area contributed by atoms with Gasteiger partial charge in [0, 0.05) is 18.0 Å². The molecule has 0 radical (unpaired) electrons. The van der Waals surface area contributed by atoms with E-state index >= 15 is 0 Å². The maximum Gasteiger partial charge on any atom is 0.223 e. The molecular formula is C14H14ClN3O. The van der Waals surface area contributed by atoms with Gasteiger partial charge in [0.15, 0.2) is 0 Å². The first-order chi connectivity index (χ1) is 9.34. The van der Waals surface area contributed by atoms with E-state index in [-0.39, 0.29) is 6.04 Å². The van der Waals surface area contributed by atoms with E-state index in [0.717, 1.165) is 24.2 Å². The zero-order chi connectivity index (χ0) is 13.1. The Labute approximate surface area is 116 Å². The number of nitrogens with one attached hydrogen (secondary N) is 1. The average molecular weight is 276 g/mol. The van der Waals surface area contributed by atoms with Crippen molar-refractivity contribution in [2.75, 3.05) is 11.9 Å². The molecule has 0 amide bonds. The molecule has 19 heavy (non-hydrogen) atoms. The lowest BCUT2D eigenvalue weighted by molar-refractivity contribution is 0.316. The Hall–Kier alpha value is -1.81. The van der Waals surface area contributed by atoms with Gasteiger partial charge < -0.3 is 10.1 Å². The molecule has 0 bridgehead atoms. The highest BCUT2D eigenvalue weighted by Crippen LogP contribution is 2.37. The second-order valence-electron chi connectivity index (χ2n) is 4.42. The van der Waals surface area contributed by atoms with E-state index in [0.29, 0.717) is 17.6 Å². The summed E-state index contributed by atoms with van der Waals surface area (Å²) >= 11 is 6.20. The third-order valence-corrected chi connectivity index (χ3v) is 3.42. The second kappa shape index (κ2) is 5.45. The number of rotatable bonds is 2. The number of halogens is 1. The zero-order valence-corrected chi connectivity index (χ0v) is 11.1. The van der Waals surface area contributed by atoms with Gasteiger partial charge in [-0.2, -0.15) is 0 Å². The van der Waals surface area contributed by atoms with Crippen molar-refractivity contribution in [1.29, 1.82) is 0 Å². The molecule has 1 aromatic heterocycles. The van der Waals surface area contributed by atoms with Crippen molar-refractivity contribution in [3.8, 4) is 5.75 Å². The quantitative estimate of drug-likeness (QED) is 0.912. The fourth-order valence-corrected chi connectivity index (χ4v) is 2.49. The van der Waals surface area contributed by atoms with Gasteiger partial charge >= 0.3 is 0 Å².